The molecule has 0 bridgehead atoms. The Bertz CT molecular complexity index is 1220. The third-order valence-electron chi connectivity index (χ3n) is 5.02. The number of aryl methyl sites for hydroxylation is 1. The van der Waals surface area contributed by atoms with Gasteiger partial charge in [0.15, 0.2) is 11.6 Å². The van der Waals surface area contributed by atoms with E-state index < -0.39 is 0 Å². The molecule has 0 saturated carbocycles. The fourth-order valence-corrected chi connectivity index (χ4v) is 4.61. The van der Waals surface area contributed by atoms with E-state index in [1.165, 1.54) is 0 Å². The van der Waals surface area contributed by atoms with Crippen LogP contribution >= 0.6 is 11.3 Å². The molecule has 1 aliphatic carbocycles. The second kappa shape index (κ2) is 7.39. The lowest BCUT2D eigenvalue weighted by Crippen LogP contribution is -2.00. The first-order valence-electron chi connectivity index (χ1n) is 9.39. The molecule has 0 spiro atoms. The Balaban J connectivity index is 1.63. The zero-order valence-electron chi connectivity index (χ0n) is 15.8. The molecule has 144 valence electrons. The van der Waals surface area contributed by atoms with Gasteiger partial charge < -0.3 is 9.47 Å². The van der Waals surface area contributed by atoms with E-state index in [0.29, 0.717) is 30.5 Å². The zero-order chi connectivity index (χ0) is 19.8. The summed E-state index contributed by atoms with van der Waals surface area (Å²) in [6.45, 7) is 0.309. The number of nitrogens with zero attached hydrogens (tertiary/aromatic N) is 2. The topological polar surface area (TPSA) is 61.3 Å². The molecular formula is C23H18N2O3S. The van der Waals surface area contributed by atoms with Gasteiger partial charge >= 0.3 is 0 Å². The first-order valence-corrected chi connectivity index (χ1v) is 10.3. The van der Waals surface area contributed by atoms with Gasteiger partial charge in [-0.3, -0.25) is 4.79 Å². The molecule has 5 rings (SSSR count). The van der Waals surface area contributed by atoms with E-state index in [0.717, 1.165) is 38.9 Å². The summed E-state index contributed by atoms with van der Waals surface area (Å²) in [7, 11) is 1.62. The van der Waals surface area contributed by atoms with Gasteiger partial charge in [-0.25, -0.2) is 4.98 Å². The second-order valence-electron chi connectivity index (χ2n) is 6.92. The maximum Gasteiger partial charge on any atom is 0.232 e. The first kappa shape index (κ1) is 18.0. The van der Waals surface area contributed by atoms with E-state index in [9.17, 15) is 4.79 Å². The number of ether oxygens (including phenoxy) is 2. The van der Waals surface area contributed by atoms with E-state index in [1.54, 1.807) is 18.4 Å². The number of carbonyl (C=O) groups is 1. The lowest BCUT2D eigenvalue weighted by molar-refractivity contribution is 0.0994. The fraction of sp³-hybridized carbons (Fsp3) is 0.174. The summed E-state index contributed by atoms with van der Waals surface area (Å²) >= 11 is 1.56. The van der Waals surface area contributed by atoms with Gasteiger partial charge in [0.1, 0.15) is 17.2 Å². The third kappa shape index (κ3) is 3.30. The average molecular weight is 402 g/mol. The lowest BCUT2D eigenvalue weighted by Gasteiger charge is -2.10. The maximum atomic E-state index is 11.9. The van der Waals surface area contributed by atoms with Crippen molar-refractivity contribution in [2.45, 2.75) is 19.4 Å². The molecule has 0 unspecified atom stereocenters. The van der Waals surface area contributed by atoms with Crippen molar-refractivity contribution in [3.63, 3.8) is 0 Å². The van der Waals surface area contributed by atoms with Crippen molar-refractivity contribution in [2.75, 3.05) is 7.11 Å². The number of fused-ring (bicyclic) bond motifs is 2. The highest BCUT2D eigenvalue weighted by Gasteiger charge is 2.21. The smallest absolute Gasteiger partial charge is 0.232 e. The minimum Gasteiger partial charge on any atom is -0.438 e. The zero-order valence-corrected chi connectivity index (χ0v) is 16.7. The molecule has 0 fully saturated rings. The van der Waals surface area contributed by atoms with Crippen molar-refractivity contribution in [2.24, 2.45) is 0 Å². The maximum absolute atomic E-state index is 11.9. The molecule has 0 aliphatic heterocycles. The predicted octanol–water partition coefficient (Wildman–Crippen LogP) is 5.43. The SMILES string of the molecule is COCc1nc(Oc2ccc3c(c2)CCC3=O)c2c(-c3ccccc3)csc2n1. The monoisotopic (exact) mass is 402 g/mol. The van der Waals surface area contributed by atoms with E-state index in [4.69, 9.17) is 9.47 Å². The van der Waals surface area contributed by atoms with Gasteiger partial charge in [0.05, 0.1) is 5.39 Å². The molecule has 0 radical (unpaired) electrons. The molecule has 0 atom stereocenters. The van der Waals surface area contributed by atoms with E-state index in [-0.39, 0.29) is 5.78 Å². The van der Waals surface area contributed by atoms with E-state index in [1.807, 2.05) is 36.4 Å². The van der Waals surface area contributed by atoms with Crippen LogP contribution in [-0.4, -0.2) is 22.9 Å². The summed E-state index contributed by atoms with van der Waals surface area (Å²) in [6, 6.07) is 15.8. The van der Waals surface area contributed by atoms with E-state index in [2.05, 4.69) is 27.5 Å². The largest absolute Gasteiger partial charge is 0.438 e. The number of aromatic nitrogens is 2. The van der Waals surface area contributed by atoms with Crippen molar-refractivity contribution >= 4 is 27.3 Å². The van der Waals surface area contributed by atoms with Crippen molar-refractivity contribution in [3.8, 4) is 22.8 Å². The number of benzene rings is 2. The Morgan fingerprint density at radius 3 is 2.72 bits per heavy atom. The summed E-state index contributed by atoms with van der Waals surface area (Å²) in [6.07, 6.45) is 1.32. The number of thiophene rings is 1. The Morgan fingerprint density at radius 1 is 1.03 bits per heavy atom. The lowest BCUT2D eigenvalue weighted by atomic mass is 10.1. The highest BCUT2D eigenvalue weighted by atomic mass is 32.1. The molecule has 2 aromatic carbocycles. The summed E-state index contributed by atoms with van der Waals surface area (Å²) in [5.41, 5.74) is 3.96. The molecule has 1 aliphatic rings. The molecule has 6 heteroatoms. The Labute approximate surface area is 172 Å². The van der Waals surface area contributed by atoms with Gasteiger partial charge in [-0.1, -0.05) is 30.3 Å². The van der Waals surface area contributed by atoms with Crippen LogP contribution in [0.25, 0.3) is 21.3 Å². The second-order valence-corrected chi connectivity index (χ2v) is 7.78. The van der Waals surface area contributed by atoms with Crippen LogP contribution in [0.3, 0.4) is 0 Å². The van der Waals surface area contributed by atoms with Gasteiger partial charge in [-0.15, -0.1) is 11.3 Å². The number of Topliss-reactive ketones (excluding diaryl/α,β-unsaturated/α-hetero) is 1. The van der Waals surface area contributed by atoms with Crippen LogP contribution in [-0.2, 0) is 17.8 Å². The van der Waals surface area contributed by atoms with Gasteiger partial charge in [-0.2, -0.15) is 4.98 Å². The summed E-state index contributed by atoms with van der Waals surface area (Å²) in [5, 5.41) is 2.97. The molecule has 2 heterocycles. The molecule has 0 N–H and O–H groups in total. The average Bonchev–Trinajstić information content (AvgIpc) is 3.33. The number of ketones is 1. The predicted molar refractivity (Wildman–Crippen MR) is 113 cm³/mol. The van der Waals surface area contributed by atoms with Gasteiger partial charge in [0.2, 0.25) is 5.88 Å². The molecular weight excluding hydrogens is 384 g/mol. The Morgan fingerprint density at radius 2 is 1.90 bits per heavy atom. The summed E-state index contributed by atoms with van der Waals surface area (Å²) in [4.78, 5) is 22.1. The number of hydrogen-bond donors (Lipinski definition) is 0. The quantitative estimate of drug-likeness (QED) is 0.446. The normalized spacial score (nSPS) is 13.1. The molecule has 5 nitrogen and oxygen atoms in total. The standard InChI is InChI=1S/C23H18N2O3S/c1-27-12-20-24-22(28-16-8-9-17-15(11-16)7-10-19(17)26)21-18(13-29-23(21)25-20)14-5-3-2-4-6-14/h2-6,8-9,11,13H,7,10,12H2,1H3. The third-order valence-corrected chi connectivity index (χ3v) is 5.89. The van der Waals surface area contributed by atoms with Crippen LogP contribution in [0.4, 0.5) is 0 Å². The fourth-order valence-electron chi connectivity index (χ4n) is 3.66. The Hall–Kier alpha value is -3.09. The number of carbonyl (C=O) groups excluding carboxylic acids is 1. The van der Waals surface area contributed by atoms with Gasteiger partial charge in [-0.05, 0) is 35.7 Å². The van der Waals surface area contributed by atoms with Crippen molar-refractivity contribution in [1.82, 2.24) is 9.97 Å². The van der Waals surface area contributed by atoms with Crippen LogP contribution < -0.4 is 4.74 Å². The highest BCUT2D eigenvalue weighted by Crippen LogP contribution is 2.40. The number of methoxy groups -OCH3 is 1. The van der Waals surface area contributed by atoms with Crippen molar-refractivity contribution in [3.05, 3.63) is 70.9 Å². The van der Waals surface area contributed by atoms with Crippen molar-refractivity contribution < 1.29 is 14.3 Å². The number of hydrogen-bond acceptors (Lipinski definition) is 6. The van der Waals surface area contributed by atoms with Gasteiger partial charge in [0, 0.05) is 30.0 Å². The summed E-state index contributed by atoms with van der Waals surface area (Å²) in [5.74, 6) is 1.95. The molecule has 29 heavy (non-hydrogen) atoms. The van der Waals surface area contributed by atoms with Crippen LogP contribution in [0.1, 0.15) is 28.2 Å². The Kier molecular flexibility index (Phi) is 4.58. The molecule has 0 saturated heterocycles. The summed E-state index contributed by atoms with van der Waals surface area (Å²) < 4.78 is 11.5. The van der Waals surface area contributed by atoms with Crippen LogP contribution in [0.5, 0.6) is 11.6 Å². The van der Waals surface area contributed by atoms with Gasteiger partial charge in [0.25, 0.3) is 0 Å². The minimum atomic E-state index is 0.197. The van der Waals surface area contributed by atoms with Crippen molar-refractivity contribution in [1.29, 1.82) is 0 Å². The molecule has 0 amide bonds. The molecule has 4 aromatic rings. The van der Waals surface area contributed by atoms with Crippen LogP contribution in [0, 0.1) is 0 Å². The number of rotatable bonds is 5. The first-order chi connectivity index (χ1) is 14.2. The van der Waals surface area contributed by atoms with E-state index >= 15 is 0 Å². The van der Waals surface area contributed by atoms with Crippen LogP contribution in [0.15, 0.2) is 53.9 Å². The van der Waals surface area contributed by atoms with Crippen LogP contribution in [0.2, 0.25) is 0 Å². The highest BCUT2D eigenvalue weighted by molar-refractivity contribution is 7.17. The molecule has 2 aromatic heterocycles. The minimum absolute atomic E-state index is 0.197.